The van der Waals surface area contributed by atoms with Gasteiger partial charge in [0.15, 0.2) is 9.84 Å². The highest BCUT2D eigenvalue weighted by Gasteiger charge is 2.15. The molecule has 0 saturated carbocycles. The summed E-state index contributed by atoms with van der Waals surface area (Å²) in [5.41, 5.74) is 2.23. The minimum absolute atomic E-state index is 0.196. The number of aryl methyl sites for hydroxylation is 1. The number of aromatic nitrogens is 4. The Kier molecular flexibility index (Phi) is 4.97. The quantitative estimate of drug-likeness (QED) is 0.452. The van der Waals surface area contributed by atoms with Crippen molar-refractivity contribution >= 4 is 59.8 Å². The summed E-state index contributed by atoms with van der Waals surface area (Å²) in [6.07, 6.45) is 4.57. The molecule has 4 rings (SSSR count). The maximum absolute atomic E-state index is 12.0. The number of benzene rings is 2. The summed E-state index contributed by atoms with van der Waals surface area (Å²) in [5.74, 6) is 0.814. The van der Waals surface area contributed by atoms with E-state index >= 15 is 0 Å². The average molecular weight is 473 g/mol. The van der Waals surface area contributed by atoms with Crippen molar-refractivity contribution in [2.24, 2.45) is 7.05 Å². The second-order valence-corrected chi connectivity index (χ2v) is 9.29. The number of anilines is 4. The van der Waals surface area contributed by atoms with Crippen molar-refractivity contribution < 1.29 is 8.42 Å². The monoisotopic (exact) mass is 472 g/mol. The third kappa shape index (κ3) is 4.08. The van der Waals surface area contributed by atoms with Crippen molar-refractivity contribution in [3.05, 3.63) is 59.3 Å². The molecule has 0 aliphatic rings. The van der Waals surface area contributed by atoms with Gasteiger partial charge < -0.3 is 10.6 Å². The van der Waals surface area contributed by atoms with Crippen molar-refractivity contribution in [2.75, 3.05) is 16.9 Å². The van der Waals surface area contributed by atoms with E-state index in [0.29, 0.717) is 21.9 Å². The fraction of sp³-hybridized carbons (Fsp3) is 0.105. The van der Waals surface area contributed by atoms with E-state index < -0.39 is 9.84 Å². The summed E-state index contributed by atoms with van der Waals surface area (Å²) >= 11 is 3.41. The van der Waals surface area contributed by atoms with E-state index in [-0.39, 0.29) is 4.90 Å². The molecule has 0 unspecified atom stereocenters. The van der Waals surface area contributed by atoms with Crippen LogP contribution in [0.3, 0.4) is 0 Å². The Morgan fingerprint density at radius 1 is 1.07 bits per heavy atom. The Hall–Kier alpha value is -2.98. The topological polar surface area (TPSA) is 102 Å². The van der Waals surface area contributed by atoms with Gasteiger partial charge in [-0.2, -0.15) is 10.1 Å². The second-order valence-electron chi connectivity index (χ2n) is 6.45. The maximum atomic E-state index is 12.0. The Bertz CT molecular complexity index is 1320. The van der Waals surface area contributed by atoms with Crippen LogP contribution in [0.1, 0.15) is 0 Å². The molecule has 10 heteroatoms. The van der Waals surface area contributed by atoms with E-state index in [0.717, 1.165) is 16.6 Å². The molecule has 0 radical (unpaired) electrons. The SMILES string of the molecule is Cn1ncc2ccc(Nc3ncc(Br)c(Nc4ccccc4S(C)(=O)=O)n3)cc21. The van der Waals surface area contributed by atoms with Gasteiger partial charge in [0.2, 0.25) is 5.95 Å². The van der Waals surface area contributed by atoms with Gasteiger partial charge in [0, 0.05) is 30.6 Å². The lowest BCUT2D eigenvalue weighted by atomic mass is 10.2. The van der Waals surface area contributed by atoms with Crippen LogP contribution in [0.5, 0.6) is 0 Å². The Morgan fingerprint density at radius 2 is 1.86 bits per heavy atom. The molecule has 2 N–H and O–H groups in total. The molecule has 0 aliphatic heterocycles. The van der Waals surface area contributed by atoms with E-state index in [1.54, 1.807) is 41.3 Å². The van der Waals surface area contributed by atoms with Crippen LogP contribution < -0.4 is 10.6 Å². The Morgan fingerprint density at radius 3 is 2.66 bits per heavy atom. The van der Waals surface area contributed by atoms with Crippen LogP contribution in [-0.2, 0) is 16.9 Å². The minimum Gasteiger partial charge on any atom is -0.338 e. The van der Waals surface area contributed by atoms with E-state index in [2.05, 4.69) is 41.6 Å². The molecule has 8 nitrogen and oxygen atoms in total. The van der Waals surface area contributed by atoms with Crippen molar-refractivity contribution in [3.8, 4) is 0 Å². The minimum atomic E-state index is -3.39. The summed E-state index contributed by atoms with van der Waals surface area (Å²) in [6, 6.07) is 12.5. The smallest absolute Gasteiger partial charge is 0.229 e. The first-order valence-corrected chi connectivity index (χ1v) is 11.3. The van der Waals surface area contributed by atoms with E-state index in [4.69, 9.17) is 0 Å². The largest absolute Gasteiger partial charge is 0.338 e. The molecule has 0 aliphatic carbocycles. The summed E-state index contributed by atoms with van der Waals surface area (Å²) in [6.45, 7) is 0. The number of sulfone groups is 1. The van der Waals surface area contributed by atoms with Gasteiger partial charge in [0.25, 0.3) is 0 Å². The lowest BCUT2D eigenvalue weighted by molar-refractivity contribution is 0.602. The zero-order valence-electron chi connectivity index (χ0n) is 15.6. The molecule has 2 aromatic carbocycles. The third-order valence-electron chi connectivity index (χ3n) is 4.29. The number of halogens is 1. The molecule has 0 spiro atoms. The Balaban J connectivity index is 1.65. The number of hydrogen-bond donors (Lipinski definition) is 2. The maximum Gasteiger partial charge on any atom is 0.229 e. The molecule has 0 bridgehead atoms. The summed E-state index contributed by atoms with van der Waals surface area (Å²) in [4.78, 5) is 8.96. The van der Waals surface area contributed by atoms with Crippen molar-refractivity contribution in [1.29, 1.82) is 0 Å². The number of fused-ring (bicyclic) bond motifs is 1. The summed E-state index contributed by atoms with van der Waals surface area (Å²) < 4.78 is 26.5. The predicted molar refractivity (Wildman–Crippen MR) is 117 cm³/mol. The lowest BCUT2D eigenvalue weighted by Crippen LogP contribution is -2.05. The van der Waals surface area contributed by atoms with Gasteiger partial charge in [-0.25, -0.2) is 13.4 Å². The molecular formula is C19H17BrN6O2S. The molecule has 2 aromatic heterocycles. The van der Waals surface area contributed by atoms with E-state index in [1.165, 1.54) is 6.26 Å². The molecule has 4 aromatic rings. The van der Waals surface area contributed by atoms with Crippen LogP contribution in [0.15, 0.2) is 64.2 Å². The lowest BCUT2D eigenvalue weighted by Gasteiger charge is -2.13. The van der Waals surface area contributed by atoms with Crippen LogP contribution >= 0.6 is 15.9 Å². The zero-order chi connectivity index (χ0) is 20.6. The van der Waals surface area contributed by atoms with Gasteiger partial charge in [0.1, 0.15) is 5.82 Å². The molecule has 148 valence electrons. The molecule has 2 heterocycles. The van der Waals surface area contributed by atoms with Gasteiger partial charge in [-0.15, -0.1) is 0 Å². The Labute approximate surface area is 176 Å². The second kappa shape index (κ2) is 7.45. The average Bonchev–Trinajstić information content (AvgIpc) is 3.05. The standard InChI is InChI=1S/C19H17BrN6O2S/c1-26-16-9-13(8-7-12(16)10-22-26)23-19-21-11-14(20)18(25-19)24-15-5-3-4-6-17(15)29(2,27)28/h3-11H,1-2H3,(H2,21,23,24,25). The van der Waals surface area contributed by atoms with E-state index in [9.17, 15) is 8.42 Å². The molecule has 0 atom stereocenters. The van der Waals surface area contributed by atoms with Gasteiger partial charge in [-0.1, -0.05) is 12.1 Å². The van der Waals surface area contributed by atoms with Crippen LogP contribution in [0.25, 0.3) is 10.9 Å². The van der Waals surface area contributed by atoms with Crippen molar-refractivity contribution in [2.45, 2.75) is 4.90 Å². The van der Waals surface area contributed by atoms with Crippen LogP contribution in [-0.4, -0.2) is 34.4 Å². The third-order valence-corrected chi connectivity index (χ3v) is 6.02. The highest BCUT2D eigenvalue weighted by Crippen LogP contribution is 2.29. The molecule has 0 amide bonds. The summed E-state index contributed by atoms with van der Waals surface area (Å²) in [7, 11) is -1.51. The fourth-order valence-electron chi connectivity index (χ4n) is 2.89. The first-order chi connectivity index (χ1) is 13.8. The molecular weight excluding hydrogens is 456 g/mol. The normalized spacial score (nSPS) is 11.6. The first kappa shape index (κ1) is 19.3. The van der Waals surface area contributed by atoms with Crippen molar-refractivity contribution in [3.63, 3.8) is 0 Å². The number of nitrogens with one attached hydrogen (secondary N) is 2. The van der Waals surface area contributed by atoms with Gasteiger partial charge in [-0.05, 0) is 46.3 Å². The van der Waals surface area contributed by atoms with Crippen LogP contribution in [0.2, 0.25) is 0 Å². The van der Waals surface area contributed by atoms with Crippen LogP contribution in [0.4, 0.5) is 23.1 Å². The number of nitrogens with zero attached hydrogens (tertiary/aromatic N) is 4. The highest BCUT2D eigenvalue weighted by molar-refractivity contribution is 9.10. The number of hydrogen-bond acceptors (Lipinski definition) is 7. The molecule has 0 saturated heterocycles. The van der Waals surface area contributed by atoms with Gasteiger partial charge >= 0.3 is 0 Å². The zero-order valence-corrected chi connectivity index (χ0v) is 18.0. The van der Waals surface area contributed by atoms with Gasteiger partial charge in [0.05, 0.1) is 26.8 Å². The molecule has 0 fully saturated rings. The molecule has 29 heavy (non-hydrogen) atoms. The fourth-order valence-corrected chi connectivity index (χ4v) is 4.02. The number of para-hydroxylation sites is 1. The first-order valence-electron chi connectivity index (χ1n) is 8.59. The van der Waals surface area contributed by atoms with Crippen molar-refractivity contribution in [1.82, 2.24) is 19.7 Å². The van der Waals surface area contributed by atoms with E-state index in [1.807, 2.05) is 25.2 Å². The van der Waals surface area contributed by atoms with Crippen LogP contribution in [0, 0.1) is 0 Å². The van der Waals surface area contributed by atoms with Gasteiger partial charge in [-0.3, -0.25) is 4.68 Å². The number of rotatable bonds is 5. The highest BCUT2D eigenvalue weighted by atomic mass is 79.9. The summed E-state index contributed by atoms with van der Waals surface area (Å²) in [5, 5.41) is 11.5. The predicted octanol–water partition coefficient (Wildman–Crippen LogP) is 4.02.